The minimum atomic E-state index is -1.04. The smallest absolute Gasteiger partial charge is 0.245 e. The summed E-state index contributed by atoms with van der Waals surface area (Å²) in [5, 5.41) is 12.7. The molecule has 6 heteroatoms. The molecule has 2 rings (SSSR count). The summed E-state index contributed by atoms with van der Waals surface area (Å²) >= 11 is 6.04. The molecular weight excluding hydrogens is 292 g/mol. The van der Waals surface area contributed by atoms with E-state index in [1.807, 2.05) is 6.92 Å². The van der Waals surface area contributed by atoms with Gasteiger partial charge in [0.2, 0.25) is 5.91 Å². The van der Waals surface area contributed by atoms with Crippen LogP contribution in [0.4, 0.5) is 5.69 Å². The van der Waals surface area contributed by atoms with Crippen molar-refractivity contribution in [1.29, 1.82) is 5.26 Å². The van der Waals surface area contributed by atoms with E-state index in [4.69, 9.17) is 21.1 Å². The van der Waals surface area contributed by atoms with E-state index in [0.29, 0.717) is 42.5 Å². The van der Waals surface area contributed by atoms with Gasteiger partial charge in [-0.25, -0.2) is 0 Å². The number of methoxy groups -OCH3 is 1. The van der Waals surface area contributed by atoms with Crippen molar-refractivity contribution in [2.45, 2.75) is 19.8 Å². The predicted octanol–water partition coefficient (Wildman–Crippen LogP) is 2.92. The number of nitrogens with zero attached hydrogens (tertiary/aromatic N) is 1. The van der Waals surface area contributed by atoms with Crippen LogP contribution >= 0.6 is 11.6 Å². The van der Waals surface area contributed by atoms with Crippen molar-refractivity contribution in [3.05, 3.63) is 22.7 Å². The molecule has 0 saturated carbocycles. The van der Waals surface area contributed by atoms with E-state index in [1.54, 1.807) is 12.1 Å². The number of carbonyl (C=O) groups excluding carboxylic acids is 1. The zero-order valence-electron chi connectivity index (χ0n) is 12.0. The molecule has 0 spiro atoms. The number of nitrogens with one attached hydrogen (secondary N) is 1. The van der Waals surface area contributed by atoms with Crippen LogP contribution in [0.25, 0.3) is 0 Å². The molecule has 112 valence electrons. The van der Waals surface area contributed by atoms with Gasteiger partial charge < -0.3 is 14.8 Å². The zero-order valence-corrected chi connectivity index (χ0v) is 12.8. The van der Waals surface area contributed by atoms with Crippen LogP contribution in [0.15, 0.2) is 12.1 Å². The molecule has 0 atom stereocenters. The van der Waals surface area contributed by atoms with Crippen LogP contribution < -0.4 is 10.1 Å². The number of amides is 1. The van der Waals surface area contributed by atoms with Gasteiger partial charge >= 0.3 is 0 Å². The van der Waals surface area contributed by atoms with Gasteiger partial charge in [0.05, 0.1) is 18.9 Å². The van der Waals surface area contributed by atoms with Crippen LogP contribution in [-0.4, -0.2) is 26.2 Å². The Hall–Kier alpha value is -1.77. The summed E-state index contributed by atoms with van der Waals surface area (Å²) in [5.74, 6) is 0.146. The molecule has 0 unspecified atom stereocenters. The second kappa shape index (κ2) is 6.33. The minimum absolute atomic E-state index is 0.326. The Morgan fingerprint density at radius 1 is 1.48 bits per heavy atom. The highest BCUT2D eigenvalue weighted by molar-refractivity contribution is 6.31. The third-order valence-corrected chi connectivity index (χ3v) is 4.13. The molecule has 1 aliphatic rings. The van der Waals surface area contributed by atoms with E-state index in [9.17, 15) is 10.1 Å². The molecule has 0 aliphatic carbocycles. The number of benzene rings is 1. The molecular formula is C15H17ClN2O3. The molecule has 5 nitrogen and oxygen atoms in total. The second-order valence-electron chi connectivity index (χ2n) is 5.06. The van der Waals surface area contributed by atoms with Gasteiger partial charge in [0, 0.05) is 24.3 Å². The number of ether oxygens (including phenoxy) is 2. The Morgan fingerprint density at radius 3 is 2.71 bits per heavy atom. The normalized spacial score (nSPS) is 16.9. The third kappa shape index (κ3) is 3.12. The molecule has 1 fully saturated rings. The molecule has 0 aromatic heterocycles. The largest absolute Gasteiger partial charge is 0.495 e. The van der Waals surface area contributed by atoms with Crippen LogP contribution in [0.5, 0.6) is 5.75 Å². The lowest BCUT2D eigenvalue weighted by atomic mass is 9.81. The molecule has 1 amide bonds. The first-order valence-electron chi connectivity index (χ1n) is 6.67. The Kier molecular flexibility index (Phi) is 4.71. The minimum Gasteiger partial charge on any atom is -0.495 e. The van der Waals surface area contributed by atoms with Crippen molar-refractivity contribution < 1.29 is 14.3 Å². The molecule has 1 N–H and O–H groups in total. The lowest BCUT2D eigenvalue weighted by Crippen LogP contribution is -2.40. The number of aryl methyl sites for hydroxylation is 1. The van der Waals surface area contributed by atoms with E-state index >= 15 is 0 Å². The van der Waals surface area contributed by atoms with Crippen LogP contribution in [0.3, 0.4) is 0 Å². The lowest BCUT2D eigenvalue weighted by molar-refractivity contribution is -0.126. The number of anilines is 1. The number of nitriles is 1. The van der Waals surface area contributed by atoms with Crippen molar-refractivity contribution in [3.63, 3.8) is 0 Å². The van der Waals surface area contributed by atoms with Crippen molar-refractivity contribution in [3.8, 4) is 11.8 Å². The number of rotatable bonds is 3. The standard InChI is InChI=1S/C15H17ClN2O3/c1-10-7-12(13(20-2)8-11(10)16)18-14(19)15(9-17)3-5-21-6-4-15/h7-8H,3-6H2,1-2H3,(H,18,19). The summed E-state index contributed by atoms with van der Waals surface area (Å²) in [6.45, 7) is 2.67. The Balaban J connectivity index is 2.27. The number of hydrogen-bond donors (Lipinski definition) is 1. The summed E-state index contributed by atoms with van der Waals surface area (Å²) < 4.78 is 10.5. The molecule has 21 heavy (non-hydrogen) atoms. The SMILES string of the molecule is COc1cc(Cl)c(C)cc1NC(=O)C1(C#N)CCOCC1. The molecule has 0 bridgehead atoms. The summed E-state index contributed by atoms with van der Waals surface area (Å²) in [6.07, 6.45) is 0.786. The van der Waals surface area contributed by atoms with Crippen LogP contribution in [0.1, 0.15) is 18.4 Å². The van der Waals surface area contributed by atoms with Gasteiger partial charge in [-0.2, -0.15) is 5.26 Å². The van der Waals surface area contributed by atoms with E-state index < -0.39 is 5.41 Å². The maximum atomic E-state index is 12.5. The number of carbonyl (C=O) groups is 1. The first kappa shape index (κ1) is 15.6. The topological polar surface area (TPSA) is 71.3 Å². The Labute approximate surface area is 128 Å². The molecule has 1 aromatic rings. The number of hydrogen-bond acceptors (Lipinski definition) is 4. The monoisotopic (exact) mass is 308 g/mol. The first-order valence-corrected chi connectivity index (χ1v) is 7.05. The van der Waals surface area contributed by atoms with Crippen LogP contribution in [0, 0.1) is 23.7 Å². The highest BCUT2D eigenvalue weighted by Gasteiger charge is 2.40. The molecule has 1 aliphatic heterocycles. The fraction of sp³-hybridized carbons (Fsp3) is 0.467. The van der Waals surface area contributed by atoms with Crippen molar-refractivity contribution >= 4 is 23.2 Å². The predicted molar refractivity (Wildman–Crippen MR) is 79.5 cm³/mol. The summed E-state index contributed by atoms with van der Waals surface area (Å²) in [6, 6.07) is 5.53. The Bertz CT molecular complexity index is 589. The van der Waals surface area contributed by atoms with Gasteiger partial charge in [0.1, 0.15) is 11.2 Å². The zero-order chi connectivity index (χ0) is 15.5. The second-order valence-corrected chi connectivity index (χ2v) is 5.47. The molecule has 1 aromatic carbocycles. The van der Waals surface area contributed by atoms with E-state index in [-0.39, 0.29) is 5.91 Å². The Morgan fingerprint density at radius 2 is 2.14 bits per heavy atom. The maximum Gasteiger partial charge on any atom is 0.245 e. The quantitative estimate of drug-likeness (QED) is 0.932. The highest BCUT2D eigenvalue weighted by Crippen LogP contribution is 2.35. The maximum absolute atomic E-state index is 12.5. The molecule has 1 heterocycles. The van der Waals surface area contributed by atoms with Gasteiger partial charge in [-0.3, -0.25) is 4.79 Å². The van der Waals surface area contributed by atoms with Gasteiger partial charge in [0.15, 0.2) is 0 Å². The first-order chi connectivity index (χ1) is 10.0. The third-order valence-electron chi connectivity index (χ3n) is 3.72. The van der Waals surface area contributed by atoms with Gasteiger partial charge in [-0.15, -0.1) is 0 Å². The van der Waals surface area contributed by atoms with E-state index in [2.05, 4.69) is 11.4 Å². The van der Waals surface area contributed by atoms with Crippen LogP contribution in [-0.2, 0) is 9.53 Å². The van der Waals surface area contributed by atoms with E-state index in [0.717, 1.165) is 5.56 Å². The van der Waals surface area contributed by atoms with Gasteiger partial charge in [0.25, 0.3) is 0 Å². The average molecular weight is 309 g/mol. The van der Waals surface area contributed by atoms with Crippen LogP contribution in [0.2, 0.25) is 5.02 Å². The fourth-order valence-corrected chi connectivity index (χ4v) is 2.43. The number of halogens is 1. The summed E-state index contributed by atoms with van der Waals surface area (Å²) in [5.41, 5.74) is 0.299. The lowest BCUT2D eigenvalue weighted by Gasteiger charge is -2.29. The summed E-state index contributed by atoms with van der Waals surface area (Å²) in [7, 11) is 1.51. The van der Waals surface area contributed by atoms with Crippen molar-refractivity contribution in [2.75, 3.05) is 25.6 Å². The van der Waals surface area contributed by atoms with Crippen molar-refractivity contribution in [2.24, 2.45) is 5.41 Å². The van der Waals surface area contributed by atoms with E-state index in [1.165, 1.54) is 7.11 Å². The molecule has 1 saturated heterocycles. The fourth-order valence-electron chi connectivity index (χ4n) is 2.28. The highest BCUT2D eigenvalue weighted by atomic mass is 35.5. The molecule has 0 radical (unpaired) electrons. The summed E-state index contributed by atoms with van der Waals surface area (Å²) in [4.78, 5) is 12.5. The van der Waals surface area contributed by atoms with Crippen molar-refractivity contribution in [1.82, 2.24) is 0 Å². The van der Waals surface area contributed by atoms with Gasteiger partial charge in [-0.1, -0.05) is 11.6 Å². The average Bonchev–Trinajstić information content (AvgIpc) is 2.51. The van der Waals surface area contributed by atoms with Gasteiger partial charge in [-0.05, 0) is 31.4 Å².